The van der Waals surface area contributed by atoms with Gasteiger partial charge < -0.3 is 8.94 Å². The van der Waals surface area contributed by atoms with Gasteiger partial charge in [-0.3, -0.25) is 4.72 Å². The fraction of sp³-hybridized carbons (Fsp3) is 0.133. The quantitative estimate of drug-likeness (QED) is 0.746. The second-order valence-corrected chi connectivity index (χ2v) is 6.73. The van der Waals surface area contributed by atoms with Gasteiger partial charge >= 0.3 is 6.18 Å². The summed E-state index contributed by atoms with van der Waals surface area (Å²) in [4.78, 5) is 0. The maximum Gasteiger partial charge on any atom is 0.452 e. The summed E-state index contributed by atoms with van der Waals surface area (Å²) in [5.74, 6) is -1.47. The van der Waals surface area contributed by atoms with Gasteiger partial charge in [0.05, 0.1) is 5.69 Å². The van der Waals surface area contributed by atoms with Crippen LogP contribution in [0.5, 0.6) is 0 Å². The molecule has 0 aliphatic rings. The molecule has 0 unspecified atom stereocenters. The van der Waals surface area contributed by atoms with E-state index in [9.17, 15) is 21.6 Å². The van der Waals surface area contributed by atoms with Crippen molar-refractivity contribution in [3.8, 4) is 11.5 Å². The normalized spacial score (nSPS) is 12.3. The number of nitrogens with zero attached hydrogens (tertiary/aromatic N) is 1. The van der Waals surface area contributed by atoms with Gasteiger partial charge in [-0.1, -0.05) is 23.4 Å². The van der Waals surface area contributed by atoms with Crippen molar-refractivity contribution in [3.05, 3.63) is 53.8 Å². The van der Waals surface area contributed by atoms with Crippen molar-refractivity contribution in [2.24, 2.45) is 0 Å². The van der Waals surface area contributed by atoms with Crippen molar-refractivity contribution in [1.29, 1.82) is 0 Å². The van der Waals surface area contributed by atoms with Crippen LogP contribution < -0.4 is 4.72 Å². The van der Waals surface area contributed by atoms with Gasteiger partial charge in [0.25, 0.3) is 10.0 Å². The lowest BCUT2D eigenvalue weighted by Crippen LogP contribution is -2.12. The minimum atomic E-state index is -4.70. The molecule has 6 nitrogen and oxygen atoms in total. The summed E-state index contributed by atoms with van der Waals surface area (Å²) in [6.45, 7) is 1.72. The fourth-order valence-corrected chi connectivity index (χ4v) is 3.08. The molecule has 0 saturated heterocycles. The molecule has 3 aromatic rings. The lowest BCUT2D eigenvalue weighted by atomic mass is 10.2. The first-order chi connectivity index (χ1) is 11.7. The number of aryl methyl sites for hydroxylation is 1. The van der Waals surface area contributed by atoms with E-state index < -0.39 is 27.1 Å². The molecule has 0 radical (unpaired) electrons. The average molecular weight is 372 g/mol. The summed E-state index contributed by atoms with van der Waals surface area (Å²) in [6.07, 6.45) is -4.70. The largest absolute Gasteiger partial charge is 0.452 e. The molecule has 2 aromatic heterocycles. The lowest BCUT2D eigenvalue weighted by Gasteiger charge is -2.08. The number of alkyl halides is 3. The number of benzene rings is 1. The van der Waals surface area contributed by atoms with E-state index in [1.165, 1.54) is 6.07 Å². The molecule has 0 aliphatic heterocycles. The maximum absolute atomic E-state index is 12.5. The van der Waals surface area contributed by atoms with E-state index in [1.807, 2.05) is 0 Å². The Kier molecular flexibility index (Phi) is 4.07. The van der Waals surface area contributed by atoms with Crippen LogP contribution in [0.4, 0.5) is 18.9 Å². The van der Waals surface area contributed by atoms with E-state index in [0.29, 0.717) is 17.3 Å². The summed E-state index contributed by atoms with van der Waals surface area (Å²) < 4.78 is 73.9. The summed E-state index contributed by atoms with van der Waals surface area (Å²) in [5.41, 5.74) is 0.801. The van der Waals surface area contributed by atoms with E-state index in [1.54, 1.807) is 31.2 Å². The number of hydrogen-bond donors (Lipinski definition) is 1. The van der Waals surface area contributed by atoms with Crippen LogP contribution in [0.2, 0.25) is 0 Å². The molecule has 10 heteroatoms. The highest BCUT2D eigenvalue weighted by Crippen LogP contribution is 2.33. The Morgan fingerprint density at radius 1 is 1.12 bits per heavy atom. The molecule has 1 N–H and O–H groups in total. The summed E-state index contributed by atoms with van der Waals surface area (Å²) in [7, 11) is -4.04. The Morgan fingerprint density at radius 2 is 1.84 bits per heavy atom. The zero-order chi connectivity index (χ0) is 18.2. The summed E-state index contributed by atoms with van der Waals surface area (Å²) in [5, 5.41) is 2.79. The molecule has 25 heavy (non-hydrogen) atoms. The molecule has 3 rings (SSSR count). The van der Waals surface area contributed by atoms with Crippen LogP contribution in [-0.4, -0.2) is 13.6 Å². The van der Waals surface area contributed by atoms with Crippen LogP contribution in [0.25, 0.3) is 11.5 Å². The molecule has 2 heterocycles. The molecule has 0 fully saturated rings. The number of rotatable bonds is 4. The van der Waals surface area contributed by atoms with Crippen LogP contribution in [0, 0.1) is 6.92 Å². The van der Waals surface area contributed by atoms with Gasteiger partial charge in [-0.15, -0.1) is 0 Å². The van der Waals surface area contributed by atoms with Gasteiger partial charge in [-0.2, -0.15) is 21.6 Å². The van der Waals surface area contributed by atoms with Crippen molar-refractivity contribution in [2.45, 2.75) is 18.2 Å². The molecule has 1 aromatic carbocycles. The van der Waals surface area contributed by atoms with Crippen molar-refractivity contribution < 1.29 is 30.5 Å². The first kappa shape index (κ1) is 17.1. The third-order valence-corrected chi connectivity index (χ3v) is 4.52. The molecule has 0 aliphatic carbocycles. The topological polar surface area (TPSA) is 85.3 Å². The van der Waals surface area contributed by atoms with Crippen molar-refractivity contribution in [2.75, 3.05) is 4.72 Å². The number of sulfonamides is 1. The zero-order valence-corrected chi connectivity index (χ0v) is 13.5. The minimum absolute atomic E-state index is 0.163. The van der Waals surface area contributed by atoms with E-state index in [0.717, 1.165) is 6.07 Å². The minimum Gasteiger partial charge on any atom is -0.441 e. The molecule has 0 amide bonds. The number of anilines is 1. The highest BCUT2D eigenvalue weighted by atomic mass is 32.2. The Labute approximate surface area is 140 Å². The number of furan rings is 1. The van der Waals surface area contributed by atoms with Crippen LogP contribution in [0.15, 0.2) is 56.5 Å². The van der Waals surface area contributed by atoms with Gasteiger partial charge in [0.2, 0.25) is 10.9 Å². The van der Waals surface area contributed by atoms with Crippen LogP contribution >= 0.6 is 0 Å². The molecular formula is C15H11F3N2O4S. The number of nitrogens with one attached hydrogen (secondary N) is 1. The Bertz CT molecular complexity index is 1010. The standard InChI is InChI=1S/C15H11F3N2O4S/c1-9-4-2-3-5-10(9)20-25(21,22)14-7-6-12(23-14)11-8-13(24-19-11)15(16,17)18/h2-8,20H,1H3. The van der Waals surface area contributed by atoms with Gasteiger partial charge in [0.15, 0.2) is 5.76 Å². The lowest BCUT2D eigenvalue weighted by molar-refractivity contribution is -0.155. The Balaban J connectivity index is 1.88. The fourth-order valence-electron chi connectivity index (χ4n) is 2.01. The van der Waals surface area contributed by atoms with Crippen LogP contribution in [-0.2, 0) is 16.2 Å². The predicted octanol–water partition coefficient (Wildman–Crippen LogP) is 4.06. The SMILES string of the molecule is Cc1ccccc1NS(=O)(=O)c1ccc(-c2cc(C(F)(F)F)on2)o1. The monoisotopic (exact) mass is 372 g/mol. The number of halogens is 3. The number of para-hydroxylation sites is 1. The molecule has 0 bridgehead atoms. The first-order valence-corrected chi connectivity index (χ1v) is 8.38. The van der Waals surface area contributed by atoms with Crippen molar-refractivity contribution in [1.82, 2.24) is 5.16 Å². The summed E-state index contributed by atoms with van der Waals surface area (Å²) in [6, 6.07) is 9.66. The molecule has 132 valence electrons. The predicted molar refractivity (Wildman–Crippen MR) is 81.2 cm³/mol. The second-order valence-electron chi connectivity index (χ2n) is 5.11. The van der Waals surface area contributed by atoms with Gasteiger partial charge in [0, 0.05) is 6.07 Å². The van der Waals surface area contributed by atoms with Gasteiger partial charge in [-0.25, -0.2) is 0 Å². The number of aromatic nitrogens is 1. The second kappa shape index (κ2) is 5.96. The van der Waals surface area contributed by atoms with Crippen LogP contribution in [0.3, 0.4) is 0 Å². The third-order valence-electron chi connectivity index (χ3n) is 3.28. The van der Waals surface area contributed by atoms with Gasteiger partial charge in [-0.05, 0) is 30.7 Å². The Hall–Kier alpha value is -2.75. The van der Waals surface area contributed by atoms with E-state index >= 15 is 0 Å². The molecule has 0 atom stereocenters. The number of hydrogen-bond acceptors (Lipinski definition) is 5. The van der Waals surface area contributed by atoms with Crippen molar-refractivity contribution in [3.63, 3.8) is 0 Å². The summed E-state index contributed by atoms with van der Waals surface area (Å²) >= 11 is 0. The smallest absolute Gasteiger partial charge is 0.441 e. The van der Waals surface area contributed by atoms with E-state index in [4.69, 9.17) is 4.42 Å². The zero-order valence-electron chi connectivity index (χ0n) is 12.7. The van der Waals surface area contributed by atoms with E-state index in [2.05, 4.69) is 14.4 Å². The molecule has 0 spiro atoms. The van der Waals surface area contributed by atoms with Crippen molar-refractivity contribution >= 4 is 15.7 Å². The molecular weight excluding hydrogens is 361 g/mol. The first-order valence-electron chi connectivity index (χ1n) is 6.89. The third kappa shape index (κ3) is 3.53. The van der Waals surface area contributed by atoms with Crippen LogP contribution in [0.1, 0.15) is 11.3 Å². The maximum atomic E-state index is 12.5. The van der Waals surface area contributed by atoms with Gasteiger partial charge in [0.1, 0.15) is 5.69 Å². The highest BCUT2D eigenvalue weighted by molar-refractivity contribution is 7.92. The molecule has 0 saturated carbocycles. The van der Waals surface area contributed by atoms with E-state index in [-0.39, 0.29) is 11.5 Å². The average Bonchev–Trinajstić information content (AvgIpc) is 3.17. The highest BCUT2D eigenvalue weighted by Gasteiger charge is 2.36. The Morgan fingerprint density at radius 3 is 2.48 bits per heavy atom.